The van der Waals surface area contributed by atoms with Crippen molar-refractivity contribution in [1.29, 1.82) is 5.26 Å². The van der Waals surface area contributed by atoms with Gasteiger partial charge in [0.15, 0.2) is 5.65 Å². The fourth-order valence-electron chi connectivity index (χ4n) is 1.68. The molecule has 0 fully saturated rings. The SMILES string of the molecule is Cc1nc2ncc(C#N)c(Cl)c2c(C)c1C. The summed E-state index contributed by atoms with van der Waals surface area (Å²) in [6, 6.07) is 2.03. The van der Waals surface area contributed by atoms with E-state index in [2.05, 4.69) is 9.97 Å². The van der Waals surface area contributed by atoms with Crippen molar-refractivity contribution in [3.63, 3.8) is 0 Å². The van der Waals surface area contributed by atoms with E-state index in [9.17, 15) is 0 Å². The van der Waals surface area contributed by atoms with Crippen LogP contribution in [0.3, 0.4) is 0 Å². The standard InChI is InChI=1S/C12H10ClN3/c1-6-7(2)10-11(13)9(4-14)5-15-12(10)16-8(6)3/h5H,1-3H3. The van der Waals surface area contributed by atoms with Crippen LogP contribution in [0.25, 0.3) is 11.0 Å². The predicted octanol–water partition coefficient (Wildman–Crippen LogP) is 3.08. The van der Waals surface area contributed by atoms with E-state index in [1.807, 2.05) is 26.8 Å². The summed E-state index contributed by atoms with van der Waals surface area (Å²) in [5.41, 5.74) is 4.06. The second-order valence-electron chi connectivity index (χ2n) is 3.74. The van der Waals surface area contributed by atoms with Gasteiger partial charge in [-0.1, -0.05) is 11.6 Å². The smallest absolute Gasteiger partial charge is 0.161 e. The van der Waals surface area contributed by atoms with E-state index in [4.69, 9.17) is 16.9 Å². The lowest BCUT2D eigenvalue weighted by atomic mass is 10.0. The highest BCUT2D eigenvalue weighted by Gasteiger charge is 2.12. The molecule has 0 aromatic carbocycles. The first-order valence-corrected chi connectivity index (χ1v) is 5.26. The number of halogens is 1. The van der Waals surface area contributed by atoms with Crippen molar-refractivity contribution < 1.29 is 0 Å². The second-order valence-corrected chi connectivity index (χ2v) is 4.12. The molecular weight excluding hydrogens is 222 g/mol. The van der Waals surface area contributed by atoms with Gasteiger partial charge in [-0.05, 0) is 31.9 Å². The molecule has 3 nitrogen and oxygen atoms in total. The number of aromatic nitrogens is 2. The van der Waals surface area contributed by atoms with E-state index in [1.54, 1.807) is 0 Å². The monoisotopic (exact) mass is 231 g/mol. The highest BCUT2D eigenvalue weighted by atomic mass is 35.5. The van der Waals surface area contributed by atoms with Crippen LogP contribution in [-0.4, -0.2) is 9.97 Å². The third kappa shape index (κ3) is 1.43. The van der Waals surface area contributed by atoms with Crippen LogP contribution in [0.4, 0.5) is 0 Å². The van der Waals surface area contributed by atoms with E-state index in [-0.39, 0.29) is 0 Å². The lowest BCUT2D eigenvalue weighted by molar-refractivity contribution is 1.13. The van der Waals surface area contributed by atoms with E-state index in [1.165, 1.54) is 6.20 Å². The normalized spacial score (nSPS) is 10.4. The lowest BCUT2D eigenvalue weighted by Gasteiger charge is -2.09. The summed E-state index contributed by atoms with van der Waals surface area (Å²) in [5, 5.41) is 10.1. The number of pyridine rings is 2. The maximum atomic E-state index is 8.90. The Morgan fingerprint density at radius 2 is 1.94 bits per heavy atom. The van der Waals surface area contributed by atoms with Gasteiger partial charge >= 0.3 is 0 Å². The first-order chi connectivity index (χ1) is 7.56. The summed E-state index contributed by atoms with van der Waals surface area (Å²) in [6.45, 7) is 5.91. The van der Waals surface area contributed by atoms with Crippen LogP contribution in [0.15, 0.2) is 6.20 Å². The molecule has 4 heteroatoms. The predicted molar refractivity (Wildman–Crippen MR) is 63.5 cm³/mol. The molecule has 0 N–H and O–H groups in total. The van der Waals surface area contributed by atoms with Crippen LogP contribution in [0.5, 0.6) is 0 Å². The molecule has 0 aliphatic carbocycles. The minimum absolute atomic E-state index is 0.391. The number of aryl methyl sites for hydroxylation is 2. The molecule has 0 aliphatic rings. The van der Waals surface area contributed by atoms with Crippen molar-refractivity contribution >= 4 is 22.6 Å². The number of hydrogen-bond acceptors (Lipinski definition) is 3. The van der Waals surface area contributed by atoms with Crippen molar-refractivity contribution in [2.24, 2.45) is 0 Å². The zero-order valence-electron chi connectivity index (χ0n) is 9.30. The summed E-state index contributed by atoms with van der Waals surface area (Å²) >= 11 is 6.17. The van der Waals surface area contributed by atoms with Crippen LogP contribution in [0, 0.1) is 32.1 Å². The highest BCUT2D eigenvalue weighted by molar-refractivity contribution is 6.36. The Bertz CT molecular complexity index is 626. The molecule has 0 saturated carbocycles. The van der Waals surface area contributed by atoms with Gasteiger partial charge in [0, 0.05) is 17.3 Å². The molecule has 2 aromatic heterocycles. The minimum atomic E-state index is 0.391. The summed E-state index contributed by atoms with van der Waals surface area (Å²) in [4.78, 5) is 8.52. The quantitative estimate of drug-likeness (QED) is 0.700. The average Bonchev–Trinajstić information content (AvgIpc) is 2.26. The Kier molecular flexibility index (Phi) is 2.53. The molecule has 0 aliphatic heterocycles. The summed E-state index contributed by atoms with van der Waals surface area (Å²) in [6.07, 6.45) is 1.46. The van der Waals surface area contributed by atoms with E-state index in [0.717, 1.165) is 22.2 Å². The van der Waals surface area contributed by atoms with Crippen LogP contribution < -0.4 is 0 Å². The van der Waals surface area contributed by atoms with Crippen molar-refractivity contribution in [3.8, 4) is 6.07 Å². The molecule has 0 unspecified atom stereocenters. The van der Waals surface area contributed by atoms with Gasteiger partial charge in [0.2, 0.25) is 0 Å². The molecule has 0 atom stereocenters. The number of nitrogens with zero attached hydrogens (tertiary/aromatic N) is 3. The maximum absolute atomic E-state index is 8.90. The van der Waals surface area contributed by atoms with Gasteiger partial charge in [0.05, 0.1) is 10.6 Å². The Morgan fingerprint density at radius 3 is 2.56 bits per heavy atom. The molecule has 16 heavy (non-hydrogen) atoms. The Labute approximate surface area is 98.7 Å². The third-order valence-corrected chi connectivity index (χ3v) is 3.26. The van der Waals surface area contributed by atoms with Gasteiger partial charge in [0.25, 0.3) is 0 Å². The number of fused-ring (bicyclic) bond motifs is 1. The number of nitriles is 1. The van der Waals surface area contributed by atoms with Gasteiger partial charge in [-0.2, -0.15) is 5.26 Å². The molecule has 0 spiro atoms. The van der Waals surface area contributed by atoms with Gasteiger partial charge in [-0.25, -0.2) is 9.97 Å². The molecule has 2 rings (SSSR count). The first kappa shape index (κ1) is 10.8. The summed E-state index contributed by atoms with van der Waals surface area (Å²) in [7, 11) is 0. The Morgan fingerprint density at radius 1 is 1.25 bits per heavy atom. The molecule has 80 valence electrons. The van der Waals surface area contributed by atoms with Crippen LogP contribution in [-0.2, 0) is 0 Å². The van der Waals surface area contributed by atoms with Crippen molar-refractivity contribution in [2.45, 2.75) is 20.8 Å². The van der Waals surface area contributed by atoms with E-state index in [0.29, 0.717) is 16.2 Å². The van der Waals surface area contributed by atoms with Crippen LogP contribution >= 0.6 is 11.6 Å². The molecular formula is C12H10ClN3. The highest BCUT2D eigenvalue weighted by Crippen LogP contribution is 2.29. The van der Waals surface area contributed by atoms with Gasteiger partial charge in [-0.15, -0.1) is 0 Å². The molecule has 0 bridgehead atoms. The van der Waals surface area contributed by atoms with Crippen molar-refractivity contribution in [2.75, 3.05) is 0 Å². The fourth-order valence-corrected chi connectivity index (χ4v) is 1.99. The first-order valence-electron chi connectivity index (χ1n) is 4.88. The maximum Gasteiger partial charge on any atom is 0.161 e. The summed E-state index contributed by atoms with van der Waals surface area (Å²) in [5.74, 6) is 0. The van der Waals surface area contributed by atoms with Crippen molar-refractivity contribution in [3.05, 3.63) is 33.6 Å². The van der Waals surface area contributed by atoms with Crippen LogP contribution in [0.1, 0.15) is 22.4 Å². The van der Waals surface area contributed by atoms with Gasteiger partial charge in [0.1, 0.15) is 6.07 Å². The molecule has 0 radical (unpaired) electrons. The Hall–Kier alpha value is -1.66. The average molecular weight is 232 g/mol. The fraction of sp³-hybridized carbons (Fsp3) is 0.250. The van der Waals surface area contributed by atoms with E-state index >= 15 is 0 Å². The topological polar surface area (TPSA) is 49.6 Å². The van der Waals surface area contributed by atoms with Gasteiger partial charge in [-0.3, -0.25) is 0 Å². The lowest BCUT2D eigenvalue weighted by Crippen LogP contribution is -1.97. The zero-order chi connectivity index (χ0) is 11.9. The van der Waals surface area contributed by atoms with Gasteiger partial charge < -0.3 is 0 Å². The van der Waals surface area contributed by atoms with Crippen LogP contribution in [0.2, 0.25) is 5.02 Å². The van der Waals surface area contributed by atoms with E-state index < -0.39 is 0 Å². The molecule has 0 saturated heterocycles. The summed E-state index contributed by atoms with van der Waals surface area (Å²) < 4.78 is 0. The second kappa shape index (κ2) is 3.73. The molecule has 0 amide bonds. The number of hydrogen-bond donors (Lipinski definition) is 0. The van der Waals surface area contributed by atoms with Crippen molar-refractivity contribution in [1.82, 2.24) is 9.97 Å². The third-order valence-electron chi connectivity index (χ3n) is 2.87. The molecule has 2 aromatic rings. The number of rotatable bonds is 0. The minimum Gasteiger partial charge on any atom is -0.235 e. The zero-order valence-corrected chi connectivity index (χ0v) is 10.1. The largest absolute Gasteiger partial charge is 0.235 e. The Balaban J connectivity index is 3.00. The molecule has 2 heterocycles.